The summed E-state index contributed by atoms with van der Waals surface area (Å²) in [4.78, 5) is 4.71. The van der Waals surface area contributed by atoms with Crippen molar-refractivity contribution in [1.29, 1.82) is 0 Å². The first-order valence-corrected chi connectivity index (χ1v) is 5.74. The van der Waals surface area contributed by atoms with Crippen molar-refractivity contribution in [3.8, 4) is 0 Å². The Morgan fingerprint density at radius 1 is 1.07 bits per heavy atom. The summed E-state index contributed by atoms with van der Waals surface area (Å²) in [6.07, 6.45) is 0. The minimum Gasteiger partial charge on any atom is -0.394 e. The first-order chi connectivity index (χ1) is 6.86. The minimum absolute atomic E-state index is 0.118. The van der Waals surface area contributed by atoms with E-state index in [-0.39, 0.29) is 6.61 Å². The summed E-state index contributed by atoms with van der Waals surface area (Å²) in [6, 6.07) is 0. The van der Waals surface area contributed by atoms with Crippen molar-refractivity contribution in [1.82, 2.24) is 9.80 Å². The predicted octanol–water partition coefficient (Wildman–Crippen LogP) is -0.500. The molecule has 0 spiro atoms. The van der Waals surface area contributed by atoms with Crippen LogP contribution in [0.5, 0.6) is 0 Å². The van der Waals surface area contributed by atoms with Crippen LogP contribution in [0.25, 0.3) is 0 Å². The molecule has 0 aromatic carbocycles. The van der Waals surface area contributed by atoms with Crippen molar-refractivity contribution >= 4 is 12.6 Å². The number of piperazine rings is 1. The second kappa shape index (κ2) is 7.48. The van der Waals surface area contributed by atoms with Crippen LogP contribution in [0.4, 0.5) is 0 Å². The number of thiol groups is 1. The Bertz CT molecular complexity index is 141. The SMILES string of the molecule is OCCOCCN1CCN(CS)CC1. The Morgan fingerprint density at radius 2 is 1.71 bits per heavy atom. The molecule has 0 unspecified atom stereocenters. The van der Waals surface area contributed by atoms with Crippen LogP contribution in [0.1, 0.15) is 0 Å². The minimum atomic E-state index is 0.118. The smallest absolute Gasteiger partial charge is 0.0698 e. The number of rotatable bonds is 6. The zero-order valence-electron chi connectivity index (χ0n) is 8.56. The zero-order chi connectivity index (χ0) is 10.2. The van der Waals surface area contributed by atoms with Gasteiger partial charge in [0.25, 0.3) is 0 Å². The van der Waals surface area contributed by atoms with E-state index in [2.05, 4.69) is 22.4 Å². The van der Waals surface area contributed by atoms with Gasteiger partial charge in [-0.1, -0.05) is 0 Å². The fourth-order valence-electron chi connectivity index (χ4n) is 1.51. The molecule has 0 bridgehead atoms. The summed E-state index contributed by atoms with van der Waals surface area (Å²) in [5, 5.41) is 8.52. The third-order valence-electron chi connectivity index (χ3n) is 2.45. The Hall–Kier alpha value is 0.190. The highest BCUT2D eigenvalue weighted by molar-refractivity contribution is 7.80. The van der Waals surface area contributed by atoms with Gasteiger partial charge in [-0.15, -0.1) is 0 Å². The molecular weight excluding hydrogens is 200 g/mol. The van der Waals surface area contributed by atoms with Gasteiger partial charge < -0.3 is 9.84 Å². The van der Waals surface area contributed by atoms with Gasteiger partial charge in [0, 0.05) is 38.6 Å². The van der Waals surface area contributed by atoms with Crippen LogP contribution in [0, 0.1) is 0 Å². The lowest BCUT2D eigenvalue weighted by Gasteiger charge is -2.33. The summed E-state index contributed by atoms with van der Waals surface area (Å²) < 4.78 is 5.22. The van der Waals surface area contributed by atoms with Crippen molar-refractivity contribution in [2.45, 2.75) is 0 Å². The summed E-state index contributed by atoms with van der Waals surface area (Å²) in [7, 11) is 0. The average Bonchev–Trinajstić information content (AvgIpc) is 2.25. The van der Waals surface area contributed by atoms with Crippen LogP contribution < -0.4 is 0 Å². The first kappa shape index (κ1) is 12.3. The van der Waals surface area contributed by atoms with Gasteiger partial charge in [-0.05, 0) is 0 Å². The summed E-state index contributed by atoms with van der Waals surface area (Å²) >= 11 is 4.25. The Labute approximate surface area is 91.2 Å². The standard InChI is InChI=1S/C9H20N2O2S/c12-6-8-13-7-5-10-1-3-11(9-14)4-2-10/h12,14H,1-9H2. The number of hydrogen-bond donors (Lipinski definition) is 2. The molecule has 1 N–H and O–H groups in total. The van der Waals surface area contributed by atoms with Crippen molar-refractivity contribution in [2.75, 3.05) is 58.4 Å². The molecule has 0 amide bonds. The topological polar surface area (TPSA) is 35.9 Å². The van der Waals surface area contributed by atoms with Gasteiger partial charge in [0.05, 0.1) is 19.8 Å². The van der Waals surface area contributed by atoms with Crippen LogP contribution in [0.3, 0.4) is 0 Å². The van der Waals surface area contributed by atoms with Crippen molar-refractivity contribution in [3.05, 3.63) is 0 Å². The number of nitrogens with zero attached hydrogens (tertiary/aromatic N) is 2. The van der Waals surface area contributed by atoms with Gasteiger partial charge in [0.1, 0.15) is 0 Å². The molecule has 0 atom stereocenters. The molecule has 0 aliphatic carbocycles. The highest BCUT2D eigenvalue weighted by Gasteiger charge is 2.14. The van der Waals surface area contributed by atoms with E-state index in [1.807, 2.05) is 0 Å². The van der Waals surface area contributed by atoms with Crippen LogP contribution in [-0.2, 0) is 4.74 Å². The molecule has 1 fully saturated rings. The van der Waals surface area contributed by atoms with E-state index in [0.29, 0.717) is 6.61 Å². The highest BCUT2D eigenvalue weighted by atomic mass is 32.1. The number of aliphatic hydroxyl groups excluding tert-OH is 1. The number of ether oxygens (including phenoxy) is 1. The second-order valence-electron chi connectivity index (χ2n) is 3.44. The monoisotopic (exact) mass is 220 g/mol. The maximum atomic E-state index is 8.52. The molecule has 4 nitrogen and oxygen atoms in total. The molecular formula is C9H20N2O2S. The van der Waals surface area contributed by atoms with E-state index < -0.39 is 0 Å². The summed E-state index contributed by atoms with van der Waals surface area (Å²) in [5.74, 6) is 0.856. The maximum Gasteiger partial charge on any atom is 0.0698 e. The predicted molar refractivity (Wildman–Crippen MR) is 59.8 cm³/mol. The molecule has 1 saturated heterocycles. The average molecular weight is 220 g/mol. The lowest BCUT2D eigenvalue weighted by Crippen LogP contribution is -2.46. The fourth-order valence-corrected chi connectivity index (χ4v) is 1.80. The van der Waals surface area contributed by atoms with Crippen LogP contribution in [0.2, 0.25) is 0 Å². The van der Waals surface area contributed by atoms with Gasteiger partial charge >= 0.3 is 0 Å². The zero-order valence-corrected chi connectivity index (χ0v) is 9.46. The lowest BCUT2D eigenvalue weighted by molar-refractivity contribution is 0.0605. The van der Waals surface area contributed by atoms with Crippen LogP contribution in [-0.4, -0.2) is 73.3 Å². The first-order valence-electron chi connectivity index (χ1n) is 5.11. The van der Waals surface area contributed by atoms with E-state index in [0.717, 1.165) is 45.2 Å². The molecule has 0 radical (unpaired) electrons. The van der Waals surface area contributed by atoms with E-state index in [9.17, 15) is 0 Å². The molecule has 1 aliphatic rings. The Morgan fingerprint density at radius 3 is 2.29 bits per heavy atom. The molecule has 1 heterocycles. The second-order valence-corrected chi connectivity index (χ2v) is 3.72. The van der Waals surface area contributed by atoms with Crippen LogP contribution in [0.15, 0.2) is 0 Å². The van der Waals surface area contributed by atoms with Gasteiger partial charge in [-0.2, -0.15) is 12.6 Å². The quantitative estimate of drug-likeness (QED) is 0.467. The van der Waals surface area contributed by atoms with Gasteiger partial charge in [0.2, 0.25) is 0 Å². The van der Waals surface area contributed by atoms with Crippen molar-refractivity contribution in [2.24, 2.45) is 0 Å². The Balaban J connectivity index is 1.98. The van der Waals surface area contributed by atoms with Crippen molar-refractivity contribution in [3.63, 3.8) is 0 Å². The normalized spacial score (nSPS) is 20.1. The molecule has 0 aromatic heterocycles. The molecule has 5 heteroatoms. The van der Waals surface area contributed by atoms with Gasteiger partial charge in [0.15, 0.2) is 0 Å². The fraction of sp³-hybridized carbons (Fsp3) is 1.00. The molecule has 0 aromatic rings. The largest absolute Gasteiger partial charge is 0.394 e. The third kappa shape index (κ3) is 4.61. The third-order valence-corrected chi connectivity index (χ3v) is 2.85. The van der Waals surface area contributed by atoms with E-state index in [4.69, 9.17) is 9.84 Å². The van der Waals surface area contributed by atoms with Gasteiger partial charge in [-0.3, -0.25) is 9.80 Å². The molecule has 0 saturated carbocycles. The molecule has 1 aliphatic heterocycles. The van der Waals surface area contributed by atoms with Crippen molar-refractivity contribution < 1.29 is 9.84 Å². The molecule has 14 heavy (non-hydrogen) atoms. The summed E-state index contributed by atoms with van der Waals surface area (Å²) in [5.41, 5.74) is 0. The van der Waals surface area contributed by atoms with Gasteiger partial charge in [-0.25, -0.2) is 0 Å². The summed E-state index contributed by atoms with van der Waals surface area (Å²) in [6.45, 7) is 6.67. The molecule has 84 valence electrons. The maximum absolute atomic E-state index is 8.52. The number of aliphatic hydroxyl groups is 1. The van der Waals surface area contributed by atoms with Crippen LogP contribution >= 0.6 is 12.6 Å². The Kier molecular flexibility index (Phi) is 6.55. The number of hydrogen-bond acceptors (Lipinski definition) is 5. The molecule has 1 rings (SSSR count). The van der Waals surface area contributed by atoms with E-state index >= 15 is 0 Å². The lowest BCUT2D eigenvalue weighted by atomic mass is 10.3. The van der Waals surface area contributed by atoms with E-state index in [1.54, 1.807) is 0 Å². The van der Waals surface area contributed by atoms with E-state index in [1.165, 1.54) is 0 Å². The highest BCUT2D eigenvalue weighted by Crippen LogP contribution is 2.01.